The van der Waals surface area contributed by atoms with E-state index in [0.717, 1.165) is 40.0 Å². The molecule has 100 heavy (non-hydrogen) atoms. The molecule has 0 saturated carbocycles. The summed E-state index contributed by atoms with van der Waals surface area (Å²) in [5, 5.41) is 50.1. The number of rotatable bonds is 27. The van der Waals surface area contributed by atoms with Crippen molar-refractivity contribution in [3.05, 3.63) is 257 Å². The molecule has 0 aliphatic carbocycles. The molecule has 8 atom stereocenters. The summed E-state index contributed by atoms with van der Waals surface area (Å²) < 4.78 is 42.0. The highest BCUT2D eigenvalue weighted by Crippen LogP contribution is 2.37. The number of anilines is 2. The smallest absolute Gasteiger partial charge is 0.168 e. The van der Waals surface area contributed by atoms with Crippen molar-refractivity contribution in [3.63, 3.8) is 0 Å². The van der Waals surface area contributed by atoms with Gasteiger partial charge in [0.25, 0.3) is 0 Å². The molecule has 24 heteroatoms. The zero-order chi connectivity index (χ0) is 69.9. The van der Waals surface area contributed by atoms with Gasteiger partial charge in [0.05, 0.1) is 65.9 Å². The van der Waals surface area contributed by atoms with Crippen LogP contribution >= 0.6 is 0 Å². The molecule has 7 aromatic carbocycles. The van der Waals surface area contributed by atoms with Crippen LogP contribution in [0.4, 0.5) is 11.6 Å². The topological polar surface area (TPSA) is 303 Å². The van der Waals surface area contributed by atoms with E-state index in [1.54, 1.807) is 55.0 Å². The lowest BCUT2D eigenvalue weighted by Gasteiger charge is -2.24. The normalized spacial score (nSPS) is 18.7. The number of hydrogen-bond donors (Lipinski definition) is 7. The lowest BCUT2D eigenvalue weighted by Crippen LogP contribution is -2.33. The van der Waals surface area contributed by atoms with Crippen LogP contribution in [-0.2, 0) is 45.1 Å². The molecule has 2 saturated heterocycles. The van der Waals surface area contributed by atoms with Crippen LogP contribution in [0.5, 0.6) is 17.2 Å². The second kappa shape index (κ2) is 34.6. The molecule has 13 rings (SSSR count). The number of aldehydes is 1. The Labute approximate surface area is 579 Å². The Balaban J connectivity index is 0.000000187. The Morgan fingerprint density at radius 3 is 1.23 bits per heavy atom. The summed E-state index contributed by atoms with van der Waals surface area (Å²) in [6.07, 6.45) is -3.97. The van der Waals surface area contributed by atoms with Gasteiger partial charge in [0, 0.05) is 63.4 Å². The van der Waals surface area contributed by atoms with Gasteiger partial charge in [0.15, 0.2) is 52.7 Å². The van der Waals surface area contributed by atoms with Gasteiger partial charge in [-0.05, 0) is 46.5 Å². The van der Waals surface area contributed by atoms with E-state index in [9.17, 15) is 25.2 Å². The highest BCUT2D eigenvalue weighted by molar-refractivity contribution is 5.84. The molecule has 0 amide bonds. The fraction of sp³-hybridized carbons (Fsp3) is 0.303. The Bertz CT molecular complexity index is 4240. The van der Waals surface area contributed by atoms with Crippen molar-refractivity contribution >= 4 is 40.2 Å². The van der Waals surface area contributed by atoms with Crippen molar-refractivity contribution in [1.82, 2.24) is 43.9 Å². The summed E-state index contributed by atoms with van der Waals surface area (Å²) in [5.41, 5.74) is 15.1. The van der Waals surface area contributed by atoms with E-state index < -0.39 is 49.1 Å². The van der Waals surface area contributed by atoms with E-state index in [1.807, 2.05) is 127 Å². The maximum atomic E-state index is 11.2. The molecule has 520 valence electrons. The summed E-state index contributed by atoms with van der Waals surface area (Å²) in [6, 6.07) is 64.3. The molecule has 6 heterocycles. The van der Waals surface area contributed by atoms with Crippen LogP contribution in [0.1, 0.15) is 79.7 Å². The quantitative estimate of drug-likeness (QED) is 0.0236. The van der Waals surface area contributed by atoms with Crippen molar-refractivity contribution in [2.24, 2.45) is 5.73 Å². The predicted octanol–water partition coefficient (Wildman–Crippen LogP) is 8.86. The largest absolute Gasteiger partial charge is 0.496 e. The molecular formula is C76H84N12O12. The Hall–Kier alpha value is -10.1. The number of carbonyl (C=O) groups is 1. The number of methoxy groups -OCH3 is 5. The second-order valence-electron chi connectivity index (χ2n) is 24.0. The number of nitrogens with two attached hydrogens (primary N) is 1. The monoisotopic (exact) mass is 1360 g/mol. The SMILES string of the molecule is COC[C@H]1OC(n2cnc3c(NCC(c4ccccc4)c4ccccc4)nc(CN(Cc4ccccc4OC)Cc4ccccc4OC)nc32)C(O)C1O.COC[C@H]1O[C@@H](n2cnc3c(NCC(c4ccccc4)c4ccccc4)nc(CN)nc32)[C@H](O)[C@@H]1O.COc1ccccc1C=O. The first-order valence-corrected chi connectivity index (χ1v) is 32.9. The third-order valence-corrected chi connectivity index (χ3v) is 17.6. The van der Waals surface area contributed by atoms with Gasteiger partial charge >= 0.3 is 0 Å². The highest BCUT2D eigenvalue weighted by Gasteiger charge is 2.46. The fourth-order valence-corrected chi connectivity index (χ4v) is 12.5. The molecule has 2 fully saturated rings. The van der Waals surface area contributed by atoms with Crippen LogP contribution in [0.25, 0.3) is 22.3 Å². The maximum absolute atomic E-state index is 11.2. The second-order valence-corrected chi connectivity index (χ2v) is 24.0. The van der Waals surface area contributed by atoms with E-state index in [4.69, 9.17) is 53.8 Å². The van der Waals surface area contributed by atoms with Crippen LogP contribution in [0.15, 0.2) is 207 Å². The minimum atomic E-state index is -1.23. The minimum absolute atomic E-state index is 0.0143. The molecule has 4 aromatic heterocycles. The van der Waals surface area contributed by atoms with E-state index in [0.29, 0.717) is 89.6 Å². The van der Waals surface area contributed by atoms with Crippen molar-refractivity contribution in [3.8, 4) is 17.2 Å². The molecule has 2 aliphatic heterocycles. The molecule has 24 nitrogen and oxygen atoms in total. The maximum Gasteiger partial charge on any atom is 0.168 e. The van der Waals surface area contributed by atoms with Gasteiger partial charge in [-0.2, -0.15) is 0 Å². The van der Waals surface area contributed by atoms with Gasteiger partial charge < -0.3 is 70.0 Å². The number of hydrogen-bond acceptors (Lipinski definition) is 22. The van der Waals surface area contributed by atoms with Gasteiger partial charge in [-0.1, -0.05) is 170 Å². The van der Waals surface area contributed by atoms with Crippen LogP contribution in [0.3, 0.4) is 0 Å². The number of nitrogens with one attached hydrogen (secondary N) is 2. The molecule has 0 radical (unpaired) electrons. The van der Waals surface area contributed by atoms with Crippen molar-refractivity contribution in [2.75, 3.05) is 72.5 Å². The number of aliphatic hydroxyl groups is 4. The van der Waals surface area contributed by atoms with Gasteiger partial charge in [-0.25, -0.2) is 29.9 Å². The van der Waals surface area contributed by atoms with Crippen molar-refractivity contribution in [1.29, 1.82) is 0 Å². The fourth-order valence-electron chi connectivity index (χ4n) is 12.5. The van der Waals surface area contributed by atoms with Gasteiger partial charge in [0.2, 0.25) is 0 Å². The number of para-hydroxylation sites is 3. The van der Waals surface area contributed by atoms with Crippen molar-refractivity contribution in [2.45, 2.75) is 87.1 Å². The lowest BCUT2D eigenvalue weighted by molar-refractivity contribution is -0.0580. The number of aromatic nitrogens is 8. The Morgan fingerprint density at radius 1 is 0.480 bits per heavy atom. The van der Waals surface area contributed by atoms with Crippen molar-refractivity contribution < 1.29 is 58.4 Å². The summed E-state index contributed by atoms with van der Waals surface area (Å²) >= 11 is 0. The average molecular weight is 1360 g/mol. The Morgan fingerprint density at radius 2 is 0.850 bits per heavy atom. The average Bonchev–Trinajstić information content (AvgIpc) is 1.61. The third-order valence-electron chi connectivity index (χ3n) is 17.6. The van der Waals surface area contributed by atoms with E-state index in [2.05, 4.69) is 79.0 Å². The first kappa shape index (κ1) is 71.2. The van der Waals surface area contributed by atoms with Crippen LogP contribution in [-0.4, -0.2) is 169 Å². The molecule has 8 N–H and O–H groups in total. The number of fused-ring (bicyclic) bond motifs is 2. The summed E-state index contributed by atoms with van der Waals surface area (Å²) in [5.74, 6) is 4.30. The number of imidazole rings is 2. The van der Waals surface area contributed by atoms with Gasteiger partial charge in [-0.15, -0.1) is 0 Å². The first-order chi connectivity index (χ1) is 48.9. The summed E-state index contributed by atoms with van der Waals surface area (Å²) in [4.78, 5) is 41.1. The molecule has 2 aliphatic rings. The molecule has 0 bridgehead atoms. The van der Waals surface area contributed by atoms with Crippen LogP contribution in [0, 0.1) is 0 Å². The predicted molar refractivity (Wildman–Crippen MR) is 378 cm³/mol. The van der Waals surface area contributed by atoms with Crippen LogP contribution < -0.4 is 30.6 Å². The Kier molecular flexibility index (Phi) is 24.6. The van der Waals surface area contributed by atoms with E-state index in [1.165, 1.54) is 31.7 Å². The number of benzene rings is 7. The van der Waals surface area contributed by atoms with E-state index >= 15 is 0 Å². The van der Waals surface area contributed by atoms with E-state index in [-0.39, 0.29) is 31.6 Å². The number of carbonyl (C=O) groups excluding carboxylic acids is 1. The molecule has 3 unspecified atom stereocenters. The highest BCUT2D eigenvalue weighted by atomic mass is 16.6. The molecular weight excluding hydrogens is 1270 g/mol. The summed E-state index contributed by atoms with van der Waals surface area (Å²) in [7, 11) is 7.93. The zero-order valence-electron chi connectivity index (χ0n) is 56.3. The zero-order valence-corrected chi connectivity index (χ0v) is 56.3. The number of aliphatic hydroxyl groups excluding tert-OH is 4. The number of nitrogens with zero attached hydrogens (tertiary/aromatic N) is 9. The van der Waals surface area contributed by atoms with Gasteiger partial charge in [-0.3, -0.25) is 18.8 Å². The third kappa shape index (κ3) is 16.8. The summed E-state index contributed by atoms with van der Waals surface area (Å²) in [6.45, 7) is 2.89. The van der Waals surface area contributed by atoms with Gasteiger partial charge in [0.1, 0.15) is 65.5 Å². The minimum Gasteiger partial charge on any atom is -0.496 e. The first-order valence-electron chi connectivity index (χ1n) is 32.9. The molecule has 0 spiro atoms. The molecule has 11 aromatic rings. The van der Waals surface area contributed by atoms with Crippen LogP contribution in [0.2, 0.25) is 0 Å². The lowest BCUT2D eigenvalue weighted by atomic mass is 9.91. The standard InChI is InChI=1S/C42H46N6O6.C26H30N6O4.C8H8O2/c1-51-26-35-38(49)39(50)42(54-35)48-27-44-37-40(43-22-32(28-14-6-4-7-15-28)29-16-8-5-9-17-29)45-36(46-41(37)48)25-47(23-30-18-10-12-20-33(30)52-2)24-31-19-11-13-21-34(31)53-3;1-35-14-19-22(33)23(34)26(36-19)32-15-29-21-24(30-20(12-27)31-25(21)32)28-13-18(16-8-4-2-5-9-16)17-10-6-3-7-11-17;1-10-8-5-3-2-4-7(8)6-9/h4-21,27,32,35,38-39,42,49-50H,22-26H2,1-3H3,(H,43,45,46);2-11,15,18-19,22-23,26,33-34H,12-14,27H2,1H3,(H,28,30,31);2-6H,1H3/t35-,38?,39?,42?;19-,22-,23-,26-;/m11./s1. The number of ether oxygens (including phenoxy) is 7.